The van der Waals surface area contributed by atoms with Gasteiger partial charge in [-0.3, -0.25) is 4.90 Å². The van der Waals surface area contributed by atoms with E-state index in [9.17, 15) is 5.11 Å². The van der Waals surface area contributed by atoms with Gasteiger partial charge in [0.05, 0.1) is 20.3 Å². The number of hydrogen-bond acceptors (Lipinski definition) is 7. The molecule has 7 heteroatoms. The van der Waals surface area contributed by atoms with Gasteiger partial charge < -0.3 is 29.4 Å². The van der Waals surface area contributed by atoms with Crippen LogP contribution in [0.3, 0.4) is 0 Å². The summed E-state index contributed by atoms with van der Waals surface area (Å²) in [5, 5.41) is 13.8. The molecule has 0 aromatic heterocycles. The van der Waals surface area contributed by atoms with E-state index in [1.807, 2.05) is 12.1 Å². The summed E-state index contributed by atoms with van der Waals surface area (Å²) in [5.41, 5.74) is 6.40. The molecule has 7 nitrogen and oxygen atoms in total. The molecule has 3 aromatic carbocycles. The largest absolute Gasteiger partial charge is 0.508 e. The van der Waals surface area contributed by atoms with Crippen LogP contribution in [0.15, 0.2) is 60.7 Å². The van der Waals surface area contributed by atoms with Gasteiger partial charge in [-0.1, -0.05) is 31.2 Å². The highest BCUT2D eigenvalue weighted by molar-refractivity contribution is 5.58. The molecule has 6 rings (SSSR count). The lowest BCUT2D eigenvalue weighted by Gasteiger charge is -2.37. The van der Waals surface area contributed by atoms with Crippen molar-refractivity contribution in [3.8, 4) is 17.2 Å². The van der Waals surface area contributed by atoms with E-state index < -0.39 is 0 Å². The van der Waals surface area contributed by atoms with E-state index in [0.717, 1.165) is 95.0 Å². The molecule has 2 fully saturated rings. The number of methoxy groups -OCH3 is 1. The molecule has 2 atom stereocenters. The summed E-state index contributed by atoms with van der Waals surface area (Å²) >= 11 is 0. The Balaban J connectivity index is 1.03. The Kier molecular flexibility index (Phi) is 9.41. The Bertz CT molecular complexity index is 1340. The highest BCUT2D eigenvalue weighted by atomic mass is 16.7. The van der Waals surface area contributed by atoms with Crippen molar-refractivity contribution in [2.24, 2.45) is 0 Å². The first-order chi connectivity index (χ1) is 21.0. The van der Waals surface area contributed by atoms with Crippen LogP contribution in [0, 0.1) is 0 Å². The van der Waals surface area contributed by atoms with E-state index >= 15 is 0 Å². The van der Waals surface area contributed by atoms with Crippen molar-refractivity contribution >= 4 is 5.69 Å². The molecule has 2 aliphatic heterocycles. The van der Waals surface area contributed by atoms with Crippen LogP contribution in [0.1, 0.15) is 60.8 Å². The van der Waals surface area contributed by atoms with Crippen LogP contribution in [0.5, 0.6) is 17.2 Å². The summed E-state index contributed by atoms with van der Waals surface area (Å²) in [6, 6.07) is 21.1. The maximum Gasteiger partial charge on any atom is 0.170 e. The van der Waals surface area contributed by atoms with Gasteiger partial charge in [-0.15, -0.1) is 0 Å². The minimum atomic E-state index is -0.319. The summed E-state index contributed by atoms with van der Waals surface area (Å²) in [6.07, 6.45) is 6.84. The second-order valence-electron chi connectivity index (χ2n) is 12.2. The number of anilines is 1. The molecule has 2 heterocycles. The average molecular weight is 587 g/mol. The number of aromatic hydroxyl groups is 1. The Morgan fingerprint density at radius 2 is 1.74 bits per heavy atom. The van der Waals surface area contributed by atoms with Gasteiger partial charge in [-0.2, -0.15) is 0 Å². The van der Waals surface area contributed by atoms with Gasteiger partial charge in [-0.05, 0) is 90.6 Å². The summed E-state index contributed by atoms with van der Waals surface area (Å²) in [4.78, 5) is 2.44. The standard InChI is InChI=1S/C36H46N2O5/c1-3-30(22-26-4-10-32(11-5-26)41-19-18-38-16-14-36(15-17-38)42-20-21-43-36)37-35-25-33(40-2)12-13-34(35)29-7-6-28-24-31(39)9-8-27(28)23-29/h4-5,8-13,24-25,29-30,37,39H,3,6-7,14-23H2,1-2H3. The smallest absolute Gasteiger partial charge is 0.170 e. The predicted molar refractivity (Wildman–Crippen MR) is 170 cm³/mol. The molecule has 0 amide bonds. The van der Waals surface area contributed by atoms with Crippen molar-refractivity contribution in [3.63, 3.8) is 0 Å². The minimum Gasteiger partial charge on any atom is -0.508 e. The third-order valence-electron chi connectivity index (χ3n) is 9.48. The van der Waals surface area contributed by atoms with Crippen molar-refractivity contribution in [2.45, 2.75) is 69.6 Å². The number of nitrogens with one attached hydrogen (secondary N) is 1. The first-order valence-electron chi connectivity index (χ1n) is 16.0. The second-order valence-corrected chi connectivity index (χ2v) is 12.2. The van der Waals surface area contributed by atoms with Crippen molar-refractivity contribution in [2.75, 3.05) is 51.9 Å². The van der Waals surface area contributed by atoms with E-state index in [0.29, 0.717) is 24.3 Å². The lowest BCUT2D eigenvalue weighted by Crippen LogP contribution is -2.46. The summed E-state index contributed by atoms with van der Waals surface area (Å²) < 4.78 is 23.4. The zero-order valence-electron chi connectivity index (χ0n) is 25.6. The fourth-order valence-corrected chi connectivity index (χ4v) is 6.87. The molecule has 2 unspecified atom stereocenters. The highest BCUT2D eigenvalue weighted by Crippen LogP contribution is 2.39. The SMILES string of the molecule is CCC(Cc1ccc(OCCN2CCC3(CC2)OCCO3)cc1)Nc1cc(OC)ccc1C1CCc2cc(O)ccc2C1. The molecule has 0 radical (unpaired) electrons. The molecule has 2 saturated heterocycles. The molecular formula is C36H46N2O5. The Morgan fingerprint density at radius 3 is 2.49 bits per heavy atom. The lowest BCUT2D eigenvalue weighted by molar-refractivity contribution is -0.185. The highest BCUT2D eigenvalue weighted by Gasteiger charge is 2.39. The van der Waals surface area contributed by atoms with Crippen LogP contribution in [-0.2, 0) is 28.7 Å². The second kappa shape index (κ2) is 13.6. The first-order valence-corrected chi connectivity index (χ1v) is 16.0. The number of ether oxygens (including phenoxy) is 4. The monoisotopic (exact) mass is 586 g/mol. The van der Waals surface area contributed by atoms with E-state index in [4.69, 9.17) is 18.9 Å². The fourth-order valence-electron chi connectivity index (χ4n) is 6.87. The van der Waals surface area contributed by atoms with Gasteiger partial charge in [-0.25, -0.2) is 0 Å². The molecule has 230 valence electrons. The van der Waals surface area contributed by atoms with Crippen LogP contribution in [-0.4, -0.2) is 68.4 Å². The van der Waals surface area contributed by atoms with Gasteiger partial charge >= 0.3 is 0 Å². The number of fused-ring (bicyclic) bond motifs is 1. The molecule has 0 bridgehead atoms. The lowest BCUT2D eigenvalue weighted by atomic mass is 9.79. The maximum atomic E-state index is 9.91. The van der Waals surface area contributed by atoms with E-state index in [2.05, 4.69) is 65.7 Å². The van der Waals surface area contributed by atoms with Crippen LogP contribution in [0.25, 0.3) is 0 Å². The van der Waals surface area contributed by atoms with E-state index in [1.54, 1.807) is 7.11 Å². The summed E-state index contributed by atoms with van der Waals surface area (Å²) in [5.74, 6) is 2.25. The topological polar surface area (TPSA) is 72.4 Å². The van der Waals surface area contributed by atoms with Crippen LogP contribution < -0.4 is 14.8 Å². The van der Waals surface area contributed by atoms with Gasteiger partial charge in [0.25, 0.3) is 0 Å². The van der Waals surface area contributed by atoms with Crippen molar-refractivity contribution in [1.82, 2.24) is 4.90 Å². The average Bonchev–Trinajstić information content (AvgIpc) is 3.50. The number of benzene rings is 3. The number of rotatable bonds is 11. The number of hydrogen-bond donors (Lipinski definition) is 2. The van der Waals surface area contributed by atoms with Gasteiger partial charge in [0.2, 0.25) is 0 Å². The number of phenols is 1. The number of aryl methyl sites for hydroxylation is 1. The normalized spacial score (nSPS) is 20.5. The van der Waals surface area contributed by atoms with Gasteiger partial charge in [0.1, 0.15) is 23.9 Å². The minimum absolute atomic E-state index is 0.292. The Labute approximate surface area is 256 Å². The van der Waals surface area contributed by atoms with Crippen LogP contribution >= 0.6 is 0 Å². The molecular weight excluding hydrogens is 540 g/mol. The third-order valence-corrected chi connectivity index (χ3v) is 9.48. The van der Waals surface area contributed by atoms with Crippen molar-refractivity contribution in [1.29, 1.82) is 0 Å². The van der Waals surface area contributed by atoms with Crippen molar-refractivity contribution in [3.05, 3.63) is 82.9 Å². The van der Waals surface area contributed by atoms with E-state index in [1.165, 1.54) is 22.3 Å². The molecule has 0 saturated carbocycles. The van der Waals surface area contributed by atoms with Crippen LogP contribution in [0.4, 0.5) is 5.69 Å². The molecule has 3 aromatic rings. The predicted octanol–water partition coefficient (Wildman–Crippen LogP) is 6.32. The first kappa shape index (κ1) is 29.8. The number of phenolic OH excluding ortho intramolecular Hbond substituents is 1. The summed E-state index contributed by atoms with van der Waals surface area (Å²) in [7, 11) is 1.73. The Hall–Kier alpha value is -3.26. The Morgan fingerprint density at radius 1 is 0.977 bits per heavy atom. The van der Waals surface area contributed by atoms with Gasteiger partial charge in [0.15, 0.2) is 5.79 Å². The van der Waals surface area contributed by atoms with Gasteiger partial charge in [0, 0.05) is 50.3 Å². The van der Waals surface area contributed by atoms with Crippen LogP contribution in [0.2, 0.25) is 0 Å². The molecule has 3 aliphatic rings. The van der Waals surface area contributed by atoms with Crippen molar-refractivity contribution < 1.29 is 24.1 Å². The fraction of sp³-hybridized carbons (Fsp3) is 0.500. The number of piperidine rings is 1. The number of likely N-dealkylation sites (tertiary alicyclic amines) is 1. The zero-order valence-corrected chi connectivity index (χ0v) is 25.6. The van der Waals surface area contributed by atoms with E-state index in [-0.39, 0.29) is 5.79 Å². The third kappa shape index (κ3) is 7.28. The summed E-state index contributed by atoms with van der Waals surface area (Å²) in [6.45, 7) is 7.25. The quantitative estimate of drug-likeness (QED) is 0.272. The molecule has 1 spiro atoms. The molecule has 43 heavy (non-hydrogen) atoms. The number of nitrogens with zero attached hydrogens (tertiary/aromatic N) is 1. The maximum absolute atomic E-state index is 9.91. The zero-order chi connectivity index (χ0) is 29.6. The molecule has 2 N–H and O–H groups in total. The molecule has 1 aliphatic carbocycles.